The van der Waals surface area contributed by atoms with E-state index in [1.165, 1.54) is 24.3 Å². The number of carbonyl (C=O) groups is 1. The molecule has 0 spiro atoms. The summed E-state index contributed by atoms with van der Waals surface area (Å²) in [6.07, 6.45) is 3.41. The molecule has 0 fully saturated rings. The van der Waals surface area contributed by atoms with E-state index in [-0.39, 0.29) is 10.8 Å². The number of anilines is 1. The molecule has 1 heterocycles. The molecule has 0 radical (unpaired) electrons. The summed E-state index contributed by atoms with van der Waals surface area (Å²) in [6.45, 7) is 2.80. The Labute approximate surface area is 204 Å². The van der Waals surface area contributed by atoms with Crippen molar-refractivity contribution in [3.05, 3.63) is 125 Å². The molecule has 8 heteroatoms. The average molecular weight is 490 g/mol. The number of sulfonamides is 1. The third kappa shape index (κ3) is 6.10. The van der Waals surface area contributed by atoms with E-state index in [0.29, 0.717) is 24.3 Å². The van der Waals surface area contributed by atoms with Crippen molar-refractivity contribution in [2.45, 2.75) is 24.9 Å². The van der Waals surface area contributed by atoms with Crippen molar-refractivity contribution < 1.29 is 17.6 Å². The van der Waals surface area contributed by atoms with Gasteiger partial charge >= 0.3 is 0 Å². The Hall–Kier alpha value is -4.04. The zero-order valence-electron chi connectivity index (χ0n) is 19.1. The fourth-order valence-corrected chi connectivity index (χ4v) is 4.65. The second-order valence-corrected chi connectivity index (χ2v) is 9.77. The summed E-state index contributed by atoms with van der Waals surface area (Å²) in [5, 5.41) is 0. The smallest absolute Gasteiger partial charge is 0.261 e. The van der Waals surface area contributed by atoms with E-state index in [4.69, 9.17) is 0 Å². The van der Waals surface area contributed by atoms with Crippen molar-refractivity contribution in [2.24, 2.45) is 0 Å². The Morgan fingerprint density at radius 2 is 1.63 bits per heavy atom. The van der Waals surface area contributed by atoms with Crippen LogP contribution < -0.4 is 4.72 Å². The van der Waals surface area contributed by atoms with E-state index in [2.05, 4.69) is 9.71 Å². The molecule has 0 aliphatic heterocycles. The number of nitrogens with zero attached hydrogens (tertiary/aromatic N) is 2. The number of aromatic nitrogens is 1. The second-order valence-electron chi connectivity index (χ2n) is 8.09. The maximum Gasteiger partial charge on any atom is 0.261 e. The highest BCUT2D eigenvalue weighted by Crippen LogP contribution is 2.20. The average Bonchev–Trinajstić information content (AvgIpc) is 2.86. The van der Waals surface area contributed by atoms with Gasteiger partial charge in [0.05, 0.1) is 4.90 Å². The first kappa shape index (κ1) is 24.1. The summed E-state index contributed by atoms with van der Waals surface area (Å²) in [5.74, 6) is -0.710. The molecule has 3 aromatic carbocycles. The van der Waals surface area contributed by atoms with Crippen LogP contribution in [0.15, 0.2) is 102 Å². The minimum absolute atomic E-state index is 0.0556. The third-order valence-corrected chi connectivity index (χ3v) is 6.91. The molecule has 6 nitrogen and oxygen atoms in total. The van der Waals surface area contributed by atoms with Gasteiger partial charge in [-0.25, -0.2) is 12.8 Å². The van der Waals surface area contributed by atoms with Crippen LogP contribution in [0.3, 0.4) is 0 Å². The lowest BCUT2D eigenvalue weighted by molar-refractivity contribution is 0.0729. The number of nitrogens with one attached hydrogen (secondary N) is 1. The van der Waals surface area contributed by atoms with Crippen LogP contribution in [0.1, 0.15) is 27.0 Å². The summed E-state index contributed by atoms with van der Waals surface area (Å²) >= 11 is 0. The lowest BCUT2D eigenvalue weighted by Gasteiger charge is -2.24. The molecule has 4 aromatic rings. The monoisotopic (exact) mass is 489 g/mol. The van der Waals surface area contributed by atoms with Crippen LogP contribution in [0.25, 0.3) is 0 Å². The molecule has 0 bridgehead atoms. The molecule has 0 atom stereocenters. The van der Waals surface area contributed by atoms with E-state index in [9.17, 15) is 17.6 Å². The van der Waals surface area contributed by atoms with Gasteiger partial charge in [0, 0.05) is 36.7 Å². The summed E-state index contributed by atoms with van der Waals surface area (Å²) in [4.78, 5) is 19.3. The second kappa shape index (κ2) is 10.5. The normalized spacial score (nSPS) is 11.1. The molecule has 0 unspecified atom stereocenters. The fraction of sp³-hybridized carbons (Fsp3) is 0.111. The van der Waals surface area contributed by atoms with Crippen LogP contribution in [-0.2, 0) is 23.1 Å². The molecule has 0 saturated carbocycles. The van der Waals surface area contributed by atoms with Crippen molar-refractivity contribution in [1.29, 1.82) is 0 Å². The fourth-order valence-electron chi connectivity index (χ4n) is 3.60. The maximum absolute atomic E-state index is 13.4. The number of pyridine rings is 1. The molecule has 178 valence electrons. The highest BCUT2D eigenvalue weighted by Gasteiger charge is 2.19. The Balaban J connectivity index is 1.54. The van der Waals surface area contributed by atoms with Crippen molar-refractivity contribution in [3.8, 4) is 0 Å². The largest absolute Gasteiger partial charge is 0.330 e. The Morgan fingerprint density at radius 1 is 0.914 bits per heavy atom. The van der Waals surface area contributed by atoms with Gasteiger partial charge in [-0.15, -0.1) is 0 Å². The van der Waals surface area contributed by atoms with Crippen LogP contribution in [0.4, 0.5) is 10.1 Å². The first-order valence-electron chi connectivity index (χ1n) is 10.9. The lowest BCUT2D eigenvalue weighted by atomic mass is 10.1. The maximum atomic E-state index is 13.4. The van der Waals surface area contributed by atoms with Gasteiger partial charge in [0.1, 0.15) is 5.82 Å². The SMILES string of the molecule is Cc1ccccc1CN(Cc1cccnc1)C(=O)c1ccc(NS(=O)(=O)c2ccc(F)cc2)cc1. The minimum atomic E-state index is -3.88. The zero-order valence-corrected chi connectivity index (χ0v) is 19.9. The molecule has 35 heavy (non-hydrogen) atoms. The van der Waals surface area contributed by atoms with Gasteiger partial charge in [-0.1, -0.05) is 30.3 Å². The summed E-state index contributed by atoms with van der Waals surface area (Å²) in [7, 11) is -3.88. The zero-order chi connectivity index (χ0) is 24.8. The van der Waals surface area contributed by atoms with E-state index in [0.717, 1.165) is 28.8 Å². The summed E-state index contributed by atoms with van der Waals surface area (Å²) < 4.78 is 40.7. The number of halogens is 1. The molecule has 0 aliphatic carbocycles. The molecule has 1 amide bonds. The standard InChI is InChI=1S/C27H24FN3O3S/c1-20-5-2-3-7-23(20)19-31(18-21-6-4-16-29-17-21)27(32)22-8-12-25(13-9-22)30-35(33,34)26-14-10-24(28)11-15-26/h2-17,30H,18-19H2,1H3. The molecule has 1 N–H and O–H groups in total. The van der Waals surface area contributed by atoms with Crippen molar-refractivity contribution in [3.63, 3.8) is 0 Å². The van der Waals surface area contributed by atoms with Crippen LogP contribution >= 0.6 is 0 Å². The number of hydrogen-bond donors (Lipinski definition) is 1. The Kier molecular flexibility index (Phi) is 7.22. The lowest BCUT2D eigenvalue weighted by Crippen LogP contribution is -2.30. The highest BCUT2D eigenvalue weighted by molar-refractivity contribution is 7.92. The predicted molar refractivity (Wildman–Crippen MR) is 133 cm³/mol. The van der Waals surface area contributed by atoms with Gasteiger partial charge in [-0.3, -0.25) is 14.5 Å². The van der Waals surface area contributed by atoms with E-state index < -0.39 is 15.8 Å². The Morgan fingerprint density at radius 3 is 2.29 bits per heavy atom. The van der Waals surface area contributed by atoms with E-state index in [1.54, 1.807) is 29.4 Å². The number of rotatable bonds is 8. The van der Waals surface area contributed by atoms with Crippen LogP contribution in [0, 0.1) is 12.7 Å². The first-order valence-corrected chi connectivity index (χ1v) is 12.4. The Bertz CT molecular complexity index is 1410. The highest BCUT2D eigenvalue weighted by atomic mass is 32.2. The summed E-state index contributed by atoms with van der Waals surface area (Å²) in [5.41, 5.74) is 3.74. The quantitative estimate of drug-likeness (QED) is 0.370. The van der Waals surface area contributed by atoms with Gasteiger partial charge in [0.15, 0.2) is 0 Å². The van der Waals surface area contributed by atoms with Gasteiger partial charge in [0.2, 0.25) is 0 Å². The molecule has 0 saturated heterocycles. The topological polar surface area (TPSA) is 79.4 Å². The number of hydrogen-bond acceptors (Lipinski definition) is 4. The summed E-state index contributed by atoms with van der Waals surface area (Å²) in [6, 6.07) is 22.4. The van der Waals surface area contributed by atoms with Crippen LogP contribution in [0.5, 0.6) is 0 Å². The molecular weight excluding hydrogens is 465 g/mol. The minimum Gasteiger partial charge on any atom is -0.330 e. The van der Waals surface area contributed by atoms with Gasteiger partial charge in [-0.2, -0.15) is 0 Å². The van der Waals surface area contributed by atoms with Crippen molar-refractivity contribution >= 4 is 21.6 Å². The van der Waals surface area contributed by atoms with E-state index >= 15 is 0 Å². The van der Waals surface area contributed by atoms with Gasteiger partial charge < -0.3 is 4.90 Å². The number of aryl methyl sites for hydroxylation is 1. The van der Waals surface area contributed by atoms with Gasteiger partial charge in [-0.05, 0) is 78.2 Å². The third-order valence-electron chi connectivity index (χ3n) is 5.51. The number of carbonyl (C=O) groups excluding carboxylic acids is 1. The molecular formula is C27H24FN3O3S. The van der Waals surface area contributed by atoms with Crippen LogP contribution in [0.2, 0.25) is 0 Å². The van der Waals surface area contributed by atoms with Crippen molar-refractivity contribution in [1.82, 2.24) is 9.88 Å². The predicted octanol–water partition coefficient (Wildman–Crippen LogP) is 5.17. The molecule has 0 aliphatic rings. The van der Waals surface area contributed by atoms with E-state index in [1.807, 2.05) is 43.3 Å². The van der Waals surface area contributed by atoms with Crippen molar-refractivity contribution in [2.75, 3.05) is 4.72 Å². The van der Waals surface area contributed by atoms with Crippen LogP contribution in [-0.4, -0.2) is 24.2 Å². The molecule has 1 aromatic heterocycles. The number of amides is 1. The molecule has 4 rings (SSSR count). The number of benzene rings is 3. The van der Waals surface area contributed by atoms with Gasteiger partial charge in [0.25, 0.3) is 15.9 Å². The first-order chi connectivity index (χ1) is 16.8.